The molecule has 9 rings (SSSR count). The van der Waals surface area contributed by atoms with Gasteiger partial charge >= 0.3 is 0 Å². The Balaban J connectivity index is 0.000000160. The summed E-state index contributed by atoms with van der Waals surface area (Å²) >= 11 is 0. The highest BCUT2D eigenvalue weighted by Gasteiger charge is 2.23. The molecule has 0 spiro atoms. The van der Waals surface area contributed by atoms with E-state index in [1.807, 2.05) is 50.5 Å². The summed E-state index contributed by atoms with van der Waals surface area (Å²) in [6, 6.07) is 28.1. The fourth-order valence-corrected chi connectivity index (χ4v) is 7.91. The average molecular weight is 735 g/mol. The molecular weight excluding hydrogens is 685 g/mol. The van der Waals surface area contributed by atoms with Crippen LogP contribution in [0, 0.1) is 13.8 Å². The lowest BCUT2D eigenvalue weighted by atomic mass is 9.92. The number of nitrogens with one attached hydrogen (secondary N) is 3. The molecule has 2 fully saturated rings. The number of aromatic amines is 1. The van der Waals surface area contributed by atoms with Crippen LogP contribution in [-0.2, 0) is 6.54 Å². The van der Waals surface area contributed by atoms with Gasteiger partial charge in [0.2, 0.25) is 11.9 Å². The van der Waals surface area contributed by atoms with Gasteiger partial charge in [0.1, 0.15) is 11.4 Å². The molecule has 0 saturated heterocycles. The zero-order valence-electron chi connectivity index (χ0n) is 31.6. The molecule has 3 aromatic carbocycles. The van der Waals surface area contributed by atoms with Crippen molar-refractivity contribution in [3.05, 3.63) is 108 Å². The highest BCUT2D eigenvalue weighted by atomic mass is 15.3. The normalized spacial score (nSPS) is 19.9. The molecule has 0 bridgehead atoms. The fourth-order valence-electron chi connectivity index (χ4n) is 7.91. The van der Waals surface area contributed by atoms with Crippen molar-refractivity contribution in [2.24, 2.45) is 11.5 Å². The number of H-pyrrole nitrogens is 1. The molecule has 2 aliphatic rings. The summed E-state index contributed by atoms with van der Waals surface area (Å²) in [6.45, 7) is 4.77. The maximum absolute atomic E-state index is 6.16. The first-order valence-corrected chi connectivity index (χ1v) is 19.5. The van der Waals surface area contributed by atoms with Gasteiger partial charge in [0, 0.05) is 47.3 Å². The summed E-state index contributed by atoms with van der Waals surface area (Å²) in [7, 11) is 0. The van der Waals surface area contributed by atoms with Gasteiger partial charge in [-0.25, -0.2) is 19.9 Å². The van der Waals surface area contributed by atoms with Crippen LogP contribution < -0.4 is 22.1 Å². The highest BCUT2D eigenvalue weighted by Crippen LogP contribution is 2.31. The summed E-state index contributed by atoms with van der Waals surface area (Å²) in [5.41, 5.74) is 21.1. The van der Waals surface area contributed by atoms with E-state index in [-0.39, 0.29) is 12.1 Å². The molecule has 12 nitrogen and oxygen atoms in total. The van der Waals surface area contributed by atoms with Gasteiger partial charge in [-0.3, -0.25) is 9.78 Å². The van der Waals surface area contributed by atoms with Gasteiger partial charge in [0.15, 0.2) is 0 Å². The number of para-hydroxylation sites is 2. The van der Waals surface area contributed by atoms with E-state index in [0.29, 0.717) is 24.0 Å². The van der Waals surface area contributed by atoms with Crippen LogP contribution in [0.1, 0.15) is 68.1 Å². The minimum atomic E-state index is 0.258. The number of hydrogen-bond donors (Lipinski definition) is 5. The van der Waals surface area contributed by atoms with E-state index in [9.17, 15) is 0 Å². The van der Waals surface area contributed by atoms with Gasteiger partial charge in [-0.05, 0) is 94.0 Å². The summed E-state index contributed by atoms with van der Waals surface area (Å²) in [4.78, 5) is 18.6. The van der Waals surface area contributed by atoms with E-state index in [2.05, 4.69) is 90.1 Å². The molecule has 55 heavy (non-hydrogen) atoms. The largest absolute Gasteiger partial charge is 0.351 e. The topological polar surface area (TPSA) is 174 Å². The van der Waals surface area contributed by atoms with Crippen LogP contribution in [-0.4, -0.2) is 64.1 Å². The lowest BCUT2D eigenvalue weighted by Crippen LogP contribution is -2.35. The molecule has 7 aromatic rings. The maximum atomic E-state index is 6.16. The Bertz CT molecular complexity index is 2370. The Kier molecular flexibility index (Phi) is 10.8. The van der Waals surface area contributed by atoms with E-state index in [4.69, 9.17) is 26.5 Å². The number of anilines is 2. The number of rotatable bonds is 8. The second kappa shape index (κ2) is 16.3. The van der Waals surface area contributed by atoms with Gasteiger partial charge in [-0.15, -0.1) is 0 Å². The van der Waals surface area contributed by atoms with Gasteiger partial charge < -0.3 is 22.1 Å². The summed E-state index contributed by atoms with van der Waals surface area (Å²) in [5, 5.41) is 21.7. The van der Waals surface area contributed by atoms with E-state index in [0.717, 1.165) is 114 Å². The summed E-state index contributed by atoms with van der Waals surface area (Å²) in [6.07, 6.45) is 12.4. The lowest BCUT2D eigenvalue weighted by Gasteiger charge is -2.27. The number of aromatic nitrogens is 8. The second-order valence-electron chi connectivity index (χ2n) is 15.1. The third-order valence-electron chi connectivity index (χ3n) is 10.8. The molecule has 2 aliphatic carbocycles. The third-order valence-corrected chi connectivity index (χ3v) is 10.8. The van der Waals surface area contributed by atoms with Crippen LogP contribution in [0.4, 0.5) is 11.9 Å². The molecule has 4 heterocycles. The monoisotopic (exact) mass is 734 g/mol. The maximum Gasteiger partial charge on any atom is 0.223 e. The molecular formula is C43H50N12. The van der Waals surface area contributed by atoms with Crippen molar-refractivity contribution in [1.82, 2.24) is 39.9 Å². The predicted molar refractivity (Wildman–Crippen MR) is 221 cm³/mol. The minimum Gasteiger partial charge on any atom is -0.351 e. The number of benzene rings is 3. The van der Waals surface area contributed by atoms with Gasteiger partial charge in [-0.2, -0.15) is 10.2 Å². The number of fused-ring (bicyclic) bond motifs is 2. The molecule has 0 aliphatic heterocycles. The smallest absolute Gasteiger partial charge is 0.223 e. The Morgan fingerprint density at radius 3 is 1.85 bits per heavy atom. The summed E-state index contributed by atoms with van der Waals surface area (Å²) in [5.74, 6) is 1.31. The molecule has 0 radical (unpaired) electrons. The van der Waals surface area contributed by atoms with E-state index >= 15 is 0 Å². The van der Waals surface area contributed by atoms with E-state index in [1.54, 1.807) is 0 Å². The SMILES string of the molecule is Cc1cnc(N[C@@H]2CCC[C@H](N)C2)nc1-c1n[nH]c2ccccc12.Cc1cnc(N[C@@H]2CCC[C@H](N)C2)nc1-c1nn(Cc2ccccc2)c2ccccc12. The van der Waals surface area contributed by atoms with Crippen molar-refractivity contribution < 1.29 is 0 Å². The molecule has 282 valence electrons. The minimum absolute atomic E-state index is 0.258. The van der Waals surface area contributed by atoms with Crippen LogP contribution in [0.3, 0.4) is 0 Å². The van der Waals surface area contributed by atoms with Crippen molar-refractivity contribution in [3.8, 4) is 22.8 Å². The molecule has 12 heteroatoms. The standard InChI is InChI=1S/C25H28N6.C18H22N6/c1-17-15-27-25(28-20-11-7-10-19(26)14-20)29-23(17)24-21-12-5-6-13-22(21)31(30-24)16-18-8-3-2-4-9-18;1-11-10-20-18(21-13-6-4-5-12(19)9-13)22-16(11)17-14-7-2-3-8-15(14)23-24-17/h2-6,8-9,12-13,15,19-20H,7,10-11,14,16,26H2,1H3,(H,27,28,29);2-3,7-8,10,12-13H,4-6,9,19H2,1H3,(H,23,24)(H,20,21,22)/t19-,20+;12-,13+/m00/s1. The van der Waals surface area contributed by atoms with Gasteiger partial charge in [0.05, 0.1) is 29.0 Å². The molecule has 2 saturated carbocycles. The Morgan fingerprint density at radius 2 is 1.22 bits per heavy atom. The quantitative estimate of drug-likeness (QED) is 0.105. The second-order valence-corrected chi connectivity index (χ2v) is 15.1. The Morgan fingerprint density at radius 1 is 0.655 bits per heavy atom. The van der Waals surface area contributed by atoms with Crippen molar-refractivity contribution in [1.29, 1.82) is 0 Å². The zero-order valence-corrected chi connectivity index (χ0v) is 31.6. The number of aryl methyl sites for hydroxylation is 2. The van der Waals surface area contributed by atoms with Crippen molar-refractivity contribution in [2.75, 3.05) is 10.6 Å². The average Bonchev–Trinajstić information content (AvgIpc) is 3.79. The number of nitrogens with zero attached hydrogens (tertiary/aromatic N) is 7. The molecule has 4 atom stereocenters. The number of nitrogens with two attached hydrogens (primary N) is 2. The first-order valence-electron chi connectivity index (χ1n) is 19.5. The molecule has 7 N–H and O–H groups in total. The van der Waals surface area contributed by atoms with Crippen LogP contribution in [0.25, 0.3) is 44.6 Å². The van der Waals surface area contributed by atoms with Crippen LogP contribution >= 0.6 is 0 Å². The summed E-state index contributed by atoms with van der Waals surface area (Å²) < 4.78 is 2.06. The van der Waals surface area contributed by atoms with Crippen LogP contribution in [0.5, 0.6) is 0 Å². The van der Waals surface area contributed by atoms with E-state index in [1.165, 1.54) is 5.56 Å². The molecule has 0 unspecified atom stereocenters. The molecule has 0 amide bonds. The van der Waals surface area contributed by atoms with Crippen LogP contribution in [0.15, 0.2) is 91.3 Å². The molecule has 4 aromatic heterocycles. The van der Waals surface area contributed by atoms with Gasteiger partial charge in [-0.1, -0.05) is 66.7 Å². The first-order chi connectivity index (χ1) is 26.9. The van der Waals surface area contributed by atoms with Crippen molar-refractivity contribution >= 4 is 33.7 Å². The van der Waals surface area contributed by atoms with Gasteiger partial charge in [0.25, 0.3) is 0 Å². The van der Waals surface area contributed by atoms with Crippen LogP contribution in [0.2, 0.25) is 0 Å². The lowest BCUT2D eigenvalue weighted by molar-refractivity contribution is 0.408. The zero-order chi connectivity index (χ0) is 37.7. The Labute approximate surface area is 321 Å². The van der Waals surface area contributed by atoms with E-state index < -0.39 is 0 Å². The Hall–Kier alpha value is -5.72. The predicted octanol–water partition coefficient (Wildman–Crippen LogP) is 7.54. The third kappa shape index (κ3) is 8.35. The first kappa shape index (κ1) is 36.3. The number of hydrogen-bond acceptors (Lipinski definition) is 10. The highest BCUT2D eigenvalue weighted by molar-refractivity contribution is 5.93. The fraction of sp³-hybridized carbons (Fsp3) is 0.349. The van der Waals surface area contributed by atoms with Crippen molar-refractivity contribution in [2.45, 2.75) is 95.9 Å². The van der Waals surface area contributed by atoms with Crippen molar-refractivity contribution in [3.63, 3.8) is 0 Å².